The Labute approximate surface area is 120 Å². The van der Waals surface area contributed by atoms with Crippen molar-refractivity contribution in [1.29, 1.82) is 0 Å². The first kappa shape index (κ1) is 14.6. The Bertz CT molecular complexity index is 673. The van der Waals surface area contributed by atoms with Crippen LogP contribution in [-0.2, 0) is 4.74 Å². The first-order valence-corrected chi connectivity index (χ1v) is 6.30. The highest BCUT2D eigenvalue weighted by atomic mass is 19.1. The molecule has 0 radical (unpaired) electrons. The van der Waals surface area contributed by atoms with E-state index in [1.165, 1.54) is 36.5 Å². The maximum Gasteiger partial charge on any atom is 0.338 e. The Morgan fingerprint density at radius 2 is 2.05 bits per heavy atom. The molecule has 21 heavy (non-hydrogen) atoms. The van der Waals surface area contributed by atoms with Crippen molar-refractivity contribution in [3.8, 4) is 0 Å². The van der Waals surface area contributed by atoms with Crippen molar-refractivity contribution in [3.05, 3.63) is 59.5 Å². The molecule has 2 rings (SSSR count). The van der Waals surface area contributed by atoms with Gasteiger partial charge in [0.05, 0.1) is 12.2 Å². The zero-order chi connectivity index (χ0) is 15.2. The van der Waals surface area contributed by atoms with Gasteiger partial charge in [0.2, 0.25) is 0 Å². The highest BCUT2D eigenvalue weighted by Gasteiger charge is 2.11. The van der Waals surface area contributed by atoms with Crippen LogP contribution in [0.25, 0.3) is 0 Å². The molecular formula is C15H13FN2O3. The van der Waals surface area contributed by atoms with Crippen LogP contribution in [0.4, 0.5) is 10.2 Å². The molecule has 1 heterocycles. The first-order valence-electron chi connectivity index (χ1n) is 6.30. The number of esters is 1. The molecule has 6 heteroatoms. The van der Waals surface area contributed by atoms with Gasteiger partial charge in [-0.25, -0.2) is 14.2 Å². The molecule has 0 aliphatic carbocycles. The van der Waals surface area contributed by atoms with Gasteiger partial charge in [-0.1, -0.05) is 6.07 Å². The second-order valence-corrected chi connectivity index (χ2v) is 4.11. The lowest BCUT2D eigenvalue weighted by atomic mass is 10.2. The van der Waals surface area contributed by atoms with Crippen LogP contribution in [-0.4, -0.2) is 23.5 Å². The summed E-state index contributed by atoms with van der Waals surface area (Å²) in [6.07, 6.45) is 1.38. The highest BCUT2D eigenvalue weighted by Crippen LogP contribution is 2.11. The molecule has 0 aliphatic heterocycles. The lowest BCUT2D eigenvalue weighted by Crippen LogP contribution is -2.14. The number of nitrogens with zero attached hydrogens (tertiary/aromatic N) is 1. The van der Waals surface area contributed by atoms with E-state index in [9.17, 15) is 14.0 Å². The van der Waals surface area contributed by atoms with Crippen LogP contribution in [0.5, 0.6) is 0 Å². The van der Waals surface area contributed by atoms with Gasteiger partial charge >= 0.3 is 5.97 Å². The molecule has 0 saturated heterocycles. The number of anilines is 1. The number of aromatic nitrogens is 1. The van der Waals surface area contributed by atoms with Gasteiger partial charge in [-0.15, -0.1) is 0 Å². The van der Waals surface area contributed by atoms with E-state index in [4.69, 9.17) is 4.74 Å². The Morgan fingerprint density at radius 3 is 2.76 bits per heavy atom. The zero-order valence-corrected chi connectivity index (χ0v) is 11.3. The quantitative estimate of drug-likeness (QED) is 0.878. The maximum atomic E-state index is 13.1. The van der Waals surface area contributed by atoms with Crippen molar-refractivity contribution in [3.63, 3.8) is 0 Å². The van der Waals surface area contributed by atoms with E-state index in [2.05, 4.69) is 10.3 Å². The van der Waals surface area contributed by atoms with E-state index in [-0.39, 0.29) is 23.6 Å². The van der Waals surface area contributed by atoms with E-state index < -0.39 is 17.7 Å². The lowest BCUT2D eigenvalue weighted by Gasteiger charge is -2.06. The molecule has 1 aromatic carbocycles. The number of carbonyl (C=O) groups is 2. The van der Waals surface area contributed by atoms with Crippen LogP contribution in [0.3, 0.4) is 0 Å². The standard InChI is InChI=1S/C15H13FN2O3/c1-2-21-15(20)11-6-7-17-13(9-11)18-14(19)10-4-3-5-12(16)8-10/h3-9H,2H2,1H3,(H,17,18,19). The summed E-state index contributed by atoms with van der Waals surface area (Å²) in [4.78, 5) is 27.5. The van der Waals surface area contributed by atoms with Gasteiger partial charge in [-0.3, -0.25) is 4.79 Å². The number of pyridine rings is 1. The van der Waals surface area contributed by atoms with Crippen LogP contribution in [0.1, 0.15) is 27.6 Å². The normalized spacial score (nSPS) is 10.0. The third-order valence-electron chi connectivity index (χ3n) is 2.60. The van der Waals surface area contributed by atoms with Gasteiger partial charge in [0.15, 0.2) is 0 Å². The average Bonchev–Trinajstić information content (AvgIpc) is 2.48. The highest BCUT2D eigenvalue weighted by molar-refractivity contribution is 6.04. The molecule has 5 nitrogen and oxygen atoms in total. The maximum absolute atomic E-state index is 13.1. The molecule has 108 valence electrons. The van der Waals surface area contributed by atoms with Crippen molar-refractivity contribution in [2.75, 3.05) is 11.9 Å². The number of benzene rings is 1. The minimum Gasteiger partial charge on any atom is -0.462 e. The molecular weight excluding hydrogens is 275 g/mol. The first-order chi connectivity index (χ1) is 10.1. The summed E-state index contributed by atoms with van der Waals surface area (Å²) >= 11 is 0. The van der Waals surface area contributed by atoms with Crippen molar-refractivity contribution >= 4 is 17.7 Å². The van der Waals surface area contributed by atoms with Crippen LogP contribution in [0.2, 0.25) is 0 Å². The van der Waals surface area contributed by atoms with Crippen molar-refractivity contribution in [1.82, 2.24) is 4.98 Å². The zero-order valence-electron chi connectivity index (χ0n) is 11.3. The summed E-state index contributed by atoms with van der Waals surface area (Å²) in [6, 6.07) is 8.16. The Balaban J connectivity index is 2.14. The Kier molecular flexibility index (Phi) is 4.61. The minimum atomic E-state index is -0.511. The van der Waals surface area contributed by atoms with Gasteiger partial charge in [-0.2, -0.15) is 0 Å². The monoisotopic (exact) mass is 288 g/mol. The Hall–Kier alpha value is -2.76. The molecule has 0 bridgehead atoms. The van der Waals surface area contributed by atoms with Gasteiger partial charge in [-0.05, 0) is 37.3 Å². The summed E-state index contributed by atoms with van der Waals surface area (Å²) in [7, 11) is 0. The number of nitrogens with one attached hydrogen (secondary N) is 1. The molecule has 0 fully saturated rings. The fourth-order valence-corrected chi connectivity index (χ4v) is 1.66. The number of hydrogen-bond donors (Lipinski definition) is 1. The van der Waals surface area contributed by atoms with Crippen molar-refractivity contribution in [2.24, 2.45) is 0 Å². The van der Waals surface area contributed by atoms with Crippen molar-refractivity contribution in [2.45, 2.75) is 6.92 Å². The van der Waals surface area contributed by atoms with Crippen LogP contribution in [0.15, 0.2) is 42.6 Å². The largest absolute Gasteiger partial charge is 0.462 e. The molecule has 0 unspecified atom stereocenters. The van der Waals surface area contributed by atoms with E-state index >= 15 is 0 Å². The molecule has 0 aliphatic rings. The summed E-state index contributed by atoms with van der Waals surface area (Å²) in [5.41, 5.74) is 0.444. The molecule has 1 N–H and O–H groups in total. The minimum absolute atomic E-state index is 0.165. The van der Waals surface area contributed by atoms with Crippen LogP contribution in [0, 0.1) is 5.82 Å². The predicted molar refractivity (Wildman–Crippen MR) is 74.5 cm³/mol. The van der Waals surface area contributed by atoms with Crippen molar-refractivity contribution < 1.29 is 18.7 Å². The lowest BCUT2D eigenvalue weighted by molar-refractivity contribution is 0.0526. The second-order valence-electron chi connectivity index (χ2n) is 4.11. The predicted octanol–water partition coefficient (Wildman–Crippen LogP) is 2.65. The van der Waals surface area contributed by atoms with Gasteiger partial charge in [0.1, 0.15) is 11.6 Å². The fourth-order valence-electron chi connectivity index (χ4n) is 1.66. The van der Waals surface area contributed by atoms with E-state index in [0.717, 1.165) is 6.07 Å². The number of ether oxygens (including phenoxy) is 1. The second kappa shape index (κ2) is 6.60. The summed E-state index contributed by atoms with van der Waals surface area (Å²) < 4.78 is 17.9. The smallest absolute Gasteiger partial charge is 0.338 e. The van der Waals surface area contributed by atoms with Gasteiger partial charge in [0.25, 0.3) is 5.91 Å². The number of hydrogen-bond acceptors (Lipinski definition) is 4. The summed E-state index contributed by atoms with van der Waals surface area (Å²) in [6.45, 7) is 1.96. The topological polar surface area (TPSA) is 68.3 Å². The third kappa shape index (κ3) is 3.85. The van der Waals surface area contributed by atoms with Gasteiger partial charge < -0.3 is 10.1 Å². The SMILES string of the molecule is CCOC(=O)c1ccnc(NC(=O)c2cccc(F)c2)c1. The fraction of sp³-hybridized carbons (Fsp3) is 0.133. The number of carbonyl (C=O) groups excluding carboxylic acids is 2. The van der Waals surface area contributed by atoms with Crippen LogP contribution >= 0.6 is 0 Å². The molecule has 1 aromatic heterocycles. The average molecular weight is 288 g/mol. The van der Waals surface area contributed by atoms with E-state index in [0.29, 0.717) is 0 Å². The summed E-state index contributed by atoms with van der Waals surface area (Å²) in [5.74, 6) is -1.32. The number of rotatable bonds is 4. The van der Waals surface area contributed by atoms with Gasteiger partial charge in [0, 0.05) is 11.8 Å². The molecule has 0 spiro atoms. The summed E-state index contributed by atoms with van der Waals surface area (Å²) in [5, 5.41) is 2.50. The molecule has 0 atom stereocenters. The molecule has 0 saturated carbocycles. The number of amides is 1. The number of halogens is 1. The molecule has 2 aromatic rings. The van der Waals surface area contributed by atoms with E-state index in [1.807, 2.05) is 0 Å². The molecule has 1 amide bonds. The van der Waals surface area contributed by atoms with E-state index in [1.54, 1.807) is 6.92 Å². The van der Waals surface area contributed by atoms with Crippen LogP contribution < -0.4 is 5.32 Å². The Morgan fingerprint density at radius 1 is 1.24 bits per heavy atom. The third-order valence-corrected chi connectivity index (χ3v) is 2.60.